The van der Waals surface area contributed by atoms with Crippen LogP contribution in [-0.4, -0.2) is 29.8 Å². The average molecular weight is 281 g/mol. The molecule has 1 aliphatic rings. The SMILES string of the molecule is CC1CCC(NOSN(C)CC(N)=O)CC1.S. The van der Waals surface area contributed by atoms with E-state index >= 15 is 0 Å². The Labute approximate surface area is 115 Å². The van der Waals surface area contributed by atoms with Crippen LogP contribution in [0.2, 0.25) is 0 Å². The van der Waals surface area contributed by atoms with E-state index in [2.05, 4.69) is 12.4 Å². The van der Waals surface area contributed by atoms with Gasteiger partial charge in [-0.3, -0.25) is 4.79 Å². The molecular weight excluding hydrogens is 258 g/mol. The number of nitrogens with two attached hydrogens (primary N) is 1. The Morgan fingerprint density at radius 1 is 1.47 bits per heavy atom. The second-order valence-corrected chi connectivity index (χ2v) is 5.42. The smallest absolute Gasteiger partial charge is 0.232 e. The van der Waals surface area contributed by atoms with Crippen LogP contribution in [0.25, 0.3) is 0 Å². The van der Waals surface area contributed by atoms with Crippen LogP contribution in [0.1, 0.15) is 32.6 Å². The number of hydrogen-bond acceptors (Lipinski definition) is 5. The van der Waals surface area contributed by atoms with Crippen LogP contribution in [0.4, 0.5) is 0 Å². The molecule has 1 fully saturated rings. The van der Waals surface area contributed by atoms with E-state index in [1.165, 1.54) is 12.8 Å². The van der Waals surface area contributed by atoms with E-state index in [0.29, 0.717) is 6.04 Å². The van der Waals surface area contributed by atoms with Crippen LogP contribution in [0.5, 0.6) is 0 Å². The number of carbonyl (C=O) groups is 1. The van der Waals surface area contributed by atoms with Crippen LogP contribution in [0.3, 0.4) is 0 Å². The molecule has 3 N–H and O–H groups in total. The van der Waals surface area contributed by atoms with Crippen molar-refractivity contribution >= 4 is 31.6 Å². The van der Waals surface area contributed by atoms with Gasteiger partial charge in [0.25, 0.3) is 0 Å². The minimum Gasteiger partial charge on any atom is -0.369 e. The number of likely N-dealkylation sites (N-methyl/N-ethyl adjacent to an activating group) is 1. The van der Waals surface area contributed by atoms with Crippen molar-refractivity contribution in [1.82, 2.24) is 9.79 Å². The topological polar surface area (TPSA) is 67.6 Å². The zero-order chi connectivity index (χ0) is 12.0. The van der Waals surface area contributed by atoms with Crippen molar-refractivity contribution in [2.75, 3.05) is 13.6 Å². The summed E-state index contributed by atoms with van der Waals surface area (Å²) in [5.74, 6) is 0.480. The van der Waals surface area contributed by atoms with Crippen LogP contribution in [0.15, 0.2) is 0 Å². The monoisotopic (exact) mass is 281 g/mol. The van der Waals surface area contributed by atoms with E-state index in [1.807, 2.05) is 0 Å². The number of nitrogens with zero attached hydrogens (tertiary/aromatic N) is 1. The highest BCUT2D eigenvalue weighted by atomic mass is 32.2. The molecule has 17 heavy (non-hydrogen) atoms. The second-order valence-electron chi connectivity index (χ2n) is 4.48. The van der Waals surface area contributed by atoms with E-state index in [4.69, 9.17) is 10.0 Å². The van der Waals surface area contributed by atoms with Crippen molar-refractivity contribution in [2.45, 2.75) is 38.6 Å². The first kappa shape index (κ1) is 17.1. The van der Waals surface area contributed by atoms with Crippen LogP contribution in [-0.2, 0) is 9.08 Å². The molecule has 0 spiro atoms. The van der Waals surface area contributed by atoms with Crippen molar-refractivity contribution in [1.29, 1.82) is 0 Å². The van der Waals surface area contributed by atoms with Gasteiger partial charge in [0.15, 0.2) is 0 Å². The number of hydroxylamine groups is 1. The lowest BCUT2D eigenvalue weighted by atomic mass is 9.88. The quantitative estimate of drug-likeness (QED) is 0.435. The third kappa shape index (κ3) is 7.88. The molecular formula is C10H23N3O2S2. The second kappa shape index (κ2) is 9.04. The van der Waals surface area contributed by atoms with Gasteiger partial charge in [0.05, 0.1) is 6.54 Å². The van der Waals surface area contributed by atoms with Crippen LogP contribution >= 0.6 is 25.7 Å². The van der Waals surface area contributed by atoms with E-state index < -0.39 is 0 Å². The summed E-state index contributed by atoms with van der Waals surface area (Å²) in [6.45, 7) is 2.47. The molecule has 0 unspecified atom stereocenters. The fourth-order valence-corrected chi connectivity index (χ4v) is 2.26. The molecule has 7 heteroatoms. The van der Waals surface area contributed by atoms with Gasteiger partial charge in [0.1, 0.15) is 12.2 Å². The Kier molecular flexibility index (Phi) is 9.07. The average Bonchev–Trinajstić information content (AvgIpc) is 2.20. The van der Waals surface area contributed by atoms with Gasteiger partial charge in [0.2, 0.25) is 5.91 Å². The molecule has 0 aromatic rings. The number of rotatable bonds is 6. The van der Waals surface area contributed by atoms with Gasteiger partial charge >= 0.3 is 0 Å². The maximum Gasteiger partial charge on any atom is 0.232 e. The number of carbonyl (C=O) groups excluding carboxylic acids is 1. The van der Waals surface area contributed by atoms with Gasteiger partial charge in [-0.05, 0) is 31.6 Å². The molecule has 0 atom stereocenters. The molecule has 1 rings (SSSR count). The van der Waals surface area contributed by atoms with Gasteiger partial charge < -0.3 is 5.73 Å². The predicted molar refractivity (Wildman–Crippen MR) is 75.4 cm³/mol. The molecule has 102 valence electrons. The van der Waals surface area contributed by atoms with Gasteiger partial charge in [-0.1, -0.05) is 6.92 Å². The predicted octanol–water partition coefficient (Wildman–Crippen LogP) is 1.18. The van der Waals surface area contributed by atoms with Gasteiger partial charge in [-0.15, -0.1) is 0 Å². The van der Waals surface area contributed by atoms with Gasteiger partial charge in [-0.25, -0.2) is 8.59 Å². The lowest BCUT2D eigenvalue weighted by Crippen LogP contribution is -2.33. The van der Waals surface area contributed by atoms with Gasteiger partial charge in [0, 0.05) is 13.1 Å². The number of primary amides is 1. The van der Waals surface area contributed by atoms with Crippen molar-refractivity contribution in [3.63, 3.8) is 0 Å². The molecule has 0 bridgehead atoms. The molecule has 0 aromatic carbocycles. The number of hydrogen-bond donors (Lipinski definition) is 2. The highest BCUT2D eigenvalue weighted by Crippen LogP contribution is 2.23. The van der Waals surface area contributed by atoms with Crippen LogP contribution in [0, 0.1) is 5.92 Å². The lowest BCUT2D eigenvalue weighted by molar-refractivity contribution is -0.118. The minimum absolute atomic E-state index is 0. The zero-order valence-electron chi connectivity index (χ0n) is 10.4. The maximum atomic E-state index is 10.6. The molecule has 1 aliphatic carbocycles. The van der Waals surface area contributed by atoms with Crippen molar-refractivity contribution in [3.05, 3.63) is 0 Å². The minimum atomic E-state index is -0.356. The summed E-state index contributed by atoms with van der Waals surface area (Å²) in [6, 6.07) is 0.436. The Morgan fingerprint density at radius 2 is 2.06 bits per heavy atom. The Morgan fingerprint density at radius 3 is 2.59 bits per heavy atom. The van der Waals surface area contributed by atoms with E-state index in [9.17, 15) is 4.79 Å². The molecule has 1 saturated carbocycles. The summed E-state index contributed by atoms with van der Waals surface area (Å²) in [7, 11) is 1.76. The molecule has 0 heterocycles. The highest BCUT2D eigenvalue weighted by molar-refractivity contribution is 7.92. The van der Waals surface area contributed by atoms with E-state index in [0.717, 1.165) is 31.0 Å². The molecule has 1 amide bonds. The number of nitrogens with one attached hydrogen (secondary N) is 1. The third-order valence-corrected chi connectivity index (χ3v) is 3.33. The van der Waals surface area contributed by atoms with Crippen molar-refractivity contribution < 1.29 is 9.08 Å². The first-order valence-electron chi connectivity index (χ1n) is 5.66. The normalized spacial score (nSPS) is 24.4. The zero-order valence-corrected chi connectivity index (χ0v) is 12.3. The first-order chi connectivity index (χ1) is 7.58. The maximum absolute atomic E-state index is 10.6. The van der Waals surface area contributed by atoms with Crippen molar-refractivity contribution in [2.24, 2.45) is 11.7 Å². The van der Waals surface area contributed by atoms with E-state index in [-0.39, 0.29) is 25.9 Å². The Balaban J connectivity index is 0.00000256. The summed E-state index contributed by atoms with van der Waals surface area (Å²) >= 11 is 1.12. The molecule has 0 aromatic heterocycles. The summed E-state index contributed by atoms with van der Waals surface area (Å²) in [4.78, 5) is 10.6. The standard InChI is InChI=1S/C10H21N3O2S.H2S/c1-8-3-5-9(6-4-8)12-15-16-13(2)7-10(11)14;/h8-9,12H,3-7H2,1-2H3,(H2,11,14);1H2. The molecule has 0 aliphatic heterocycles. The highest BCUT2D eigenvalue weighted by Gasteiger charge is 2.18. The van der Waals surface area contributed by atoms with Gasteiger partial charge in [-0.2, -0.15) is 19.0 Å². The summed E-state index contributed by atoms with van der Waals surface area (Å²) < 4.78 is 6.91. The van der Waals surface area contributed by atoms with Crippen LogP contribution < -0.4 is 11.2 Å². The molecule has 0 saturated heterocycles. The summed E-state index contributed by atoms with van der Waals surface area (Å²) in [5.41, 5.74) is 8.07. The first-order valence-corrected chi connectivity index (χ1v) is 6.36. The fourth-order valence-electron chi connectivity index (χ4n) is 1.78. The number of amides is 1. The molecule has 5 nitrogen and oxygen atoms in total. The Hall–Kier alpha value is 0.0500. The van der Waals surface area contributed by atoms with Crippen molar-refractivity contribution in [3.8, 4) is 0 Å². The molecule has 0 radical (unpaired) electrons. The largest absolute Gasteiger partial charge is 0.369 e. The fraction of sp³-hybridized carbons (Fsp3) is 0.900. The van der Waals surface area contributed by atoms with E-state index in [1.54, 1.807) is 11.4 Å². The lowest BCUT2D eigenvalue weighted by Gasteiger charge is -2.26. The Bertz CT molecular complexity index is 224. The summed E-state index contributed by atoms with van der Waals surface area (Å²) in [6.07, 6.45) is 4.81. The summed E-state index contributed by atoms with van der Waals surface area (Å²) in [5, 5.41) is 0. The third-order valence-electron chi connectivity index (χ3n) is 2.77.